The summed E-state index contributed by atoms with van der Waals surface area (Å²) in [6.07, 6.45) is 1.70. The number of halogens is 1. The average molecular weight is 461 g/mol. The van der Waals surface area contributed by atoms with E-state index in [0.717, 1.165) is 56.4 Å². The molecule has 140 valence electrons. The van der Waals surface area contributed by atoms with Crippen molar-refractivity contribution < 1.29 is 14.6 Å². The lowest BCUT2D eigenvalue weighted by Crippen LogP contribution is -2.42. The summed E-state index contributed by atoms with van der Waals surface area (Å²) in [5, 5.41) is 13.7. The van der Waals surface area contributed by atoms with Crippen LogP contribution >= 0.6 is 24.0 Å². The van der Waals surface area contributed by atoms with E-state index in [4.69, 9.17) is 9.47 Å². The maximum Gasteiger partial charge on any atom is 0.193 e. The zero-order valence-electron chi connectivity index (χ0n) is 14.9. The number of guanidine groups is 1. The third kappa shape index (κ3) is 4.77. The number of benzene rings is 1. The highest BCUT2D eigenvalue weighted by Gasteiger charge is 2.42. The van der Waals surface area contributed by atoms with Crippen LogP contribution in [0, 0.1) is 5.41 Å². The summed E-state index contributed by atoms with van der Waals surface area (Å²) < 4.78 is 10.7. The molecule has 2 saturated heterocycles. The number of ether oxygens (including phenoxy) is 2. The molecule has 3 rings (SSSR count). The lowest BCUT2D eigenvalue weighted by Gasteiger charge is -2.25. The number of hydrogen-bond donors (Lipinski definition) is 2. The van der Waals surface area contributed by atoms with Crippen molar-refractivity contribution in [1.29, 1.82) is 0 Å². The molecule has 0 aliphatic carbocycles. The average Bonchev–Trinajstić information content (AvgIpc) is 3.26. The summed E-state index contributed by atoms with van der Waals surface area (Å²) in [5.74, 6) is 1.64. The number of methoxy groups -OCH3 is 1. The first kappa shape index (κ1) is 20.3. The fourth-order valence-corrected chi connectivity index (χ4v) is 3.55. The first-order chi connectivity index (χ1) is 11.7. The van der Waals surface area contributed by atoms with Gasteiger partial charge in [0.05, 0.1) is 19.8 Å². The van der Waals surface area contributed by atoms with Gasteiger partial charge in [0.2, 0.25) is 0 Å². The smallest absolute Gasteiger partial charge is 0.193 e. The van der Waals surface area contributed by atoms with Gasteiger partial charge in [0.15, 0.2) is 5.96 Å². The minimum Gasteiger partial charge on any atom is -0.497 e. The van der Waals surface area contributed by atoms with Crippen LogP contribution in [-0.2, 0) is 4.74 Å². The highest BCUT2D eigenvalue weighted by Crippen LogP contribution is 2.38. The van der Waals surface area contributed by atoms with E-state index < -0.39 is 6.10 Å². The Labute approximate surface area is 166 Å². The number of nitrogens with zero attached hydrogens (tertiary/aromatic N) is 2. The van der Waals surface area contributed by atoms with Crippen LogP contribution in [0.3, 0.4) is 0 Å². The van der Waals surface area contributed by atoms with Crippen LogP contribution in [0.1, 0.15) is 24.5 Å². The Kier molecular flexibility index (Phi) is 7.33. The van der Waals surface area contributed by atoms with E-state index in [9.17, 15) is 5.11 Å². The minimum absolute atomic E-state index is 0. The molecule has 1 aromatic carbocycles. The van der Waals surface area contributed by atoms with Crippen molar-refractivity contribution in [1.82, 2.24) is 10.2 Å². The van der Waals surface area contributed by atoms with Gasteiger partial charge >= 0.3 is 0 Å². The molecule has 2 heterocycles. The van der Waals surface area contributed by atoms with Crippen molar-refractivity contribution >= 4 is 29.9 Å². The molecule has 0 aromatic heterocycles. The van der Waals surface area contributed by atoms with Gasteiger partial charge in [-0.1, -0.05) is 12.1 Å². The number of rotatable bonds is 4. The van der Waals surface area contributed by atoms with E-state index in [1.807, 2.05) is 24.3 Å². The maximum absolute atomic E-state index is 10.4. The van der Waals surface area contributed by atoms with Crippen molar-refractivity contribution in [2.75, 3.05) is 47.0 Å². The van der Waals surface area contributed by atoms with E-state index >= 15 is 0 Å². The van der Waals surface area contributed by atoms with Gasteiger partial charge in [0, 0.05) is 38.7 Å². The molecule has 7 heteroatoms. The molecular formula is C18H28IN3O3. The first-order valence-electron chi connectivity index (χ1n) is 8.51. The first-order valence-corrected chi connectivity index (χ1v) is 8.51. The van der Waals surface area contributed by atoms with Gasteiger partial charge in [-0.25, -0.2) is 0 Å². The van der Waals surface area contributed by atoms with Crippen molar-refractivity contribution in [3.8, 4) is 5.75 Å². The van der Waals surface area contributed by atoms with E-state index in [0.29, 0.717) is 12.0 Å². The summed E-state index contributed by atoms with van der Waals surface area (Å²) >= 11 is 0. The third-order valence-electron chi connectivity index (χ3n) is 5.09. The second kappa shape index (κ2) is 9.05. The number of likely N-dealkylation sites (tertiary alicyclic amines) is 1. The summed E-state index contributed by atoms with van der Waals surface area (Å²) in [5.41, 5.74) is 1.16. The Balaban J connectivity index is 0.00000225. The van der Waals surface area contributed by atoms with E-state index in [1.54, 1.807) is 14.2 Å². The molecule has 2 aliphatic heterocycles. The Morgan fingerprint density at radius 1 is 1.40 bits per heavy atom. The quantitative estimate of drug-likeness (QED) is 0.408. The molecule has 1 aromatic rings. The standard InChI is InChI=1S/C18H27N3O3.HI/c1-19-17(21-9-7-18(12-21)8-10-24-13-18)20-11-16(22)14-3-5-15(23-2)6-4-14;/h3-6,16,22H,7-13H2,1-2H3,(H,19,20);1H. The van der Waals surface area contributed by atoms with Crippen LogP contribution < -0.4 is 10.1 Å². The van der Waals surface area contributed by atoms with Gasteiger partial charge in [-0.15, -0.1) is 24.0 Å². The molecule has 0 amide bonds. The Morgan fingerprint density at radius 2 is 2.16 bits per heavy atom. The Hall–Kier alpha value is -1.06. The van der Waals surface area contributed by atoms with Crippen LogP contribution in [0.4, 0.5) is 0 Å². The molecule has 25 heavy (non-hydrogen) atoms. The van der Waals surface area contributed by atoms with Crippen LogP contribution in [0.2, 0.25) is 0 Å². The van der Waals surface area contributed by atoms with Crippen molar-refractivity contribution in [3.63, 3.8) is 0 Å². The highest BCUT2D eigenvalue weighted by molar-refractivity contribution is 14.0. The zero-order chi connectivity index (χ0) is 17.0. The summed E-state index contributed by atoms with van der Waals surface area (Å²) in [4.78, 5) is 6.65. The number of hydrogen-bond acceptors (Lipinski definition) is 4. The second-order valence-electron chi connectivity index (χ2n) is 6.69. The second-order valence-corrected chi connectivity index (χ2v) is 6.69. The molecule has 2 fully saturated rings. The molecule has 0 saturated carbocycles. The Morgan fingerprint density at radius 3 is 2.76 bits per heavy atom. The van der Waals surface area contributed by atoms with Crippen molar-refractivity contribution in [2.45, 2.75) is 18.9 Å². The Bertz CT molecular complexity index is 573. The number of aliphatic hydroxyl groups is 1. The maximum atomic E-state index is 10.4. The number of nitrogens with one attached hydrogen (secondary N) is 1. The summed E-state index contributed by atoms with van der Waals surface area (Å²) in [7, 11) is 3.42. The molecule has 2 N–H and O–H groups in total. The molecule has 0 radical (unpaired) electrons. The molecular weight excluding hydrogens is 433 g/mol. The largest absolute Gasteiger partial charge is 0.497 e. The van der Waals surface area contributed by atoms with Gasteiger partial charge in [-0.05, 0) is 30.5 Å². The topological polar surface area (TPSA) is 66.3 Å². The number of aliphatic imine (C=N–C) groups is 1. The lowest BCUT2D eigenvalue weighted by molar-refractivity contribution is 0.156. The fourth-order valence-electron chi connectivity index (χ4n) is 3.55. The minimum atomic E-state index is -0.584. The van der Waals surface area contributed by atoms with Crippen LogP contribution in [0.25, 0.3) is 0 Å². The van der Waals surface area contributed by atoms with Gasteiger partial charge in [-0.2, -0.15) is 0 Å². The predicted octanol–water partition coefficient (Wildman–Crippen LogP) is 2.03. The summed E-state index contributed by atoms with van der Waals surface area (Å²) in [6, 6.07) is 7.48. The molecule has 1 spiro atoms. The van der Waals surface area contributed by atoms with Gasteiger partial charge < -0.3 is 24.8 Å². The van der Waals surface area contributed by atoms with Gasteiger partial charge in [0.1, 0.15) is 5.75 Å². The molecule has 6 nitrogen and oxygen atoms in total. The zero-order valence-corrected chi connectivity index (χ0v) is 17.2. The third-order valence-corrected chi connectivity index (χ3v) is 5.09. The predicted molar refractivity (Wildman–Crippen MR) is 109 cm³/mol. The SMILES string of the molecule is CN=C(NCC(O)c1ccc(OC)cc1)N1CCC2(CCOC2)C1.I. The van der Waals surface area contributed by atoms with Crippen molar-refractivity contribution in [3.05, 3.63) is 29.8 Å². The van der Waals surface area contributed by atoms with Crippen LogP contribution in [0.5, 0.6) is 5.75 Å². The normalized spacial score (nSPS) is 24.3. The highest BCUT2D eigenvalue weighted by atomic mass is 127. The van der Waals surface area contributed by atoms with Gasteiger partial charge in [0.25, 0.3) is 0 Å². The number of aliphatic hydroxyl groups excluding tert-OH is 1. The van der Waals surface area contributed by atoms with E-state index in [2.05, 4.69) is 15.2 Å². The van der Waals surface area contributed by atoms with Crippen molar-refractivity contribution in [2.24, 2.45) is 10.4 Å². The van der Waals surface area contributed by atoms with E-state index in [-0.39, 0.29) is 24.0 Å². The molecule has 2 unspecified atom stereocenters. The molecule has 0 bridgehead atoms. The monoisotopic (exact) mass is 461 g/mol. The van der Waals surface area contributed by atoms with E-state index in [1.165, 1.54) is 0 Å². The summed E-state index contributed by atoms with van der Waals surface area (Å²) in [6.45, 7) is 4.12. The van der Waals surface area contributed by atoms with Gasteiger partial charge in [-0.3, -0.25) is 4.99 Å². The van der Waals surface area contributed by atoms with Crippen LogP contribution in [-0.4, -0.2) is 63.0 Å². The molecule has 2 atom stereocenters. The lowest BCUT2D eigenvalue weighted by atomic mass is 9.87. The van der Waals surface area contributed by atoms with Crippen LogP contribution in [0.15, 0.2) is 29.3 Å². The fraction of sp³-hybridized carbons (Fsp3) is 0.611. The molecule has 2 aliphatic rings.